The topological polar surface area (TPSA) is 53.1 Å². The van der Waals surface area contributed by atoms with Gasteiger partial charge in [0.25, 0.3) is 0 Å². The van der Waals surface area contributed by atoms with Crippen LogP contribution >= 0.6 is 0 Å². The molecule has 0 unspecified atom stereocenters. The maximum absolute atomic E-state index is 6.05. The molecule has 1 heterocycles. The van der Waals surface area contributed by atoms with Gasteiger partial charge in [0.1, 0.15) is 5.75 Å². The number of benzene rings is 2. The minimum atomic E-state index is 0.546. The van der Waals surface area contributed by atoms with Crippen LogP contribution in [0.3, 0.4) is 0 Å². The van der Waals surface area contributed by atoms with Crippen molar-refractivity contribution in [3.63, 3.8) is 0 Å². The average molecular weight is 267 g/mol. The first-order chi connectivity index (χ1) is 9.69. The third-order valence-corrected chi connectivity index (χ3v) is 3.51. The fraction of sp³-hybridized carbons (Fsp3) is 0.188. The molecule has 0 spiro atoms. The number of fused-ring (bicyclic) bond motifs is 1. The zero-order valence-electron chi connectivity index (χ0n) is 11.6. The van der Waals surface area contributed by atoms with Crippen molar-refractivity contribution in [2.45, 2.75) is 13.5 Å². The van der Waals surface area contributed by atoms with Gasteiger partial charge in [-0.3, -0.25) is 0 Å². The van der Waals surface area contributed by atoms with E-state index in [1.807, 2.05) is 47.9 Å². The number of nitrogens with two attached hydrogens (primary N) is 1. The third kappa shape index (κ3) is 2.09. The molecule has 0 bridgehead atoms. The summed E-state index contributed by atoms with van der Waals surface area (Å²) < 4.78 is 7.20. The zero-order valence-corrected chi connectivity index (χ0v) is 11.6. The van der Waals surface area contributed by atoms with Crippen molar-refractivity contribution in [1.82, 2.24) is 9.55 Å². The van der Waals surface area contributed by atoms with E-state index in [9.17, 15) is 0 Å². The quantitative estimate of drug-likeness (QED) is 0.793. The molecule has 20 heavy (non-hydrogen) atoms. The molecule has 3 aromatic rings. The maximum atomic E-state index is 6.05. The number of hydrogen-bond acceptors (Lipinski definition) is 3. The summed E-state index contributed by atoms with van der Waals surface area (Å²) in [6.07, 6.45) is 0. The largest absolute Gasteiger partial charge is 0.497 e. The third-order valence-electron chi connectivity index (χ3n) is 3.51. The van der Waals surface area contributed by atoms with Crippen LogP contribution in [0.25, 0.3) is 11.0 Å². The van der Waals surface area contributed by atoms with Gasteiger partial charge in [-0.15, -0.1) is 0 Å². The summed E-state index contributed by atoms with van der Waals surface area (Å²) >= 11 is 0. The van der Waals surface area contributed by atoms with Gasteiger partial charge in [0.2, 0.25) is 5.95 Å². The number of imidazole rings is 1. The first kappa shape index (κ1) is 12.5. The monoisotopic (exact) mass is 267 g/mol. The normalized spacial score (nSPS) is 10.9. The standard InChI is InChI=1S/C16H17N3O/c1-11-4-3-5-14-15(11)18-16(17)19(14)10-12-6-8-13(20-2)9-7-12/h3-9H,10H2,1-2H3,(H2,17,18). The molecule has 0 atom stereocenters. The van der Waals surface area contributed by atoms with E-state index in [-0.39, 0.29) is 0 Å². The van der Waals surface area contributed by atoms with Crippen LogP contribution in [0.15, 0.2) is 42.5 Å². The Balaban J connectivity index is 2.01. The molecule has 102 valence electrons. The highest BCUT2D eigenvalue weighted by Crippen LogP contribution is 2.22. The van der Waals surface area contributed by atoms with Crippen molar-refractivity contribution < 1.29 is 4.74 Å². The van der Waals surface area contributed by atoms with Crippen LogP contribution in [0, 0.1) is 6.92 Å². The Bertz CT molecular complexity index is 744. The molecule has 0 radical (unpaired) electrons. The highest BCUT2D eigenvalue weighted by Gasteiger charge is 2.09. The van der Waals surface area contributed by atoms with E-state index < -0.39 is 0 Å². The smallest absolute Gasteiger partial charge is 0.201 e. The number of anilines is 1. The Morgan fingerprint density at radius 2 is 1.90 bits per heavy atom. The average Bonchev–Trinajstić information content (AvgIpc) is 2.78. The minimum absolute atomic E-state index is 0.546. The van der Waals surface area contributed by atoms with Crippen LogP contribution in [0.5, 0.6) is 5.75 Å². The van der Waals surface area contributed by atoms with E-state index in [4.69, 9.17) is 10.5 Å². The molecular weight excluding hydrogens is 250 g/mol. The first-order valence-electron chi connectivity index (χ1n) is 6.53. The molecule has 0 saturated heterocycles. The summed E-state index contributed by atoms with van der Waals surface area (Å²) in [5.41, 5.74) is 10.4. The fourth-order valence-corrected chi connectivity index (χ4v) is 2.38. The Morgan fingerprint density at radius 1 is 1.15 bits per heavy atom. The second-order valence-corrected chi connectivity index (χ2v) is 4.85. The van der Waals surface area contributed by atoms with Gasteiger partial charge in [-0.1, -0.05) is 24.3 Å². The summed E-state index contributed by atoms with van der Waals surface area (Å²) in [6, 6.07) is 14.1. The predicted molar refractivity (Wildman–Crippen MR) is 81.0 cm³/mol. The van der Waals surface area contributed by atoms with Gasteiger partial charge in [0.15, 0.2) is 0 Å². The molecule has 0 saturated carbocycles. The molecule has 4 nitrogen and oxygen atoms in total. The number of para-hydroxylation sites is 1. The van der Waals surface area contributed by atoms with Crippen LogP contribution in [0.1, 0.15) is 11.1 Å². The Morgan fingerprint density at radius 3 is 2.60 bits per heavy atom. The van der Waals surface area contributed by atoms with Crippen molar-refractivity contribution in [2.75, 3.05) is 12.8 Å². The summed E-state index contributed by atoms with van der Waals surface area (Å²) in [6.45, 7) is 2.75. The van der Waals surface area contributed by atoms with Crippen molar-refractivity contribution in [2.24, 2.45) is 0 Å². The molecule has 1 aromatic heterocycles. The fourth-order valence-electron chi connectivity index (χ4n) is 2.38. The van der Waals surface area contributed by atoms with Crippen molar-refractivity contribution in [1.29, 1.82) is 0 Å². The lowest BCUT2D eigenvalue weighted by Crippen LogP contribution is -2.04. The van der Waals surface area contributed by atoms with Gasteiger partial charge in [0.05, 0.1) is 24.7 Å². The van der Waals surface area contributed by atoms with Gasteiger partial charge < -0.3 is 15.0 Å². The lowest BCUT2D eigenvalue weighted by Gasteiger charge is -2.07. The molecule has 0 fully saturated rings. The molecule has 0 aliphatic heterocycles. The Kier molecular flexibility index (Phi) is 3.06. The second-order valence-electron chi connectivity index (χ2n) is 4.85. The molecular formula is C16H17N3O. The van der Waals surface area contributed by atoms with Gasteiger partial charge in [-0.25, -0.2) is 4.98 Å². The molecule has 0 aliphatic rings. The van der Waals surface area contributed by atoms with Gasteiger partial charge in [-0.2, -0.15) is 0 Å². The molecule has 4 heteroatoms. The maximum Gasteiger partial charge on any atom is 0.201 e. The number of ether oxygens (including phenoxy) is 1. The molecule has 0 amide bonds. The molecule has 2 aromatic carbocycles. The summed E-state index contributed by atoms with van der Waals surface area (Å²) in [4.78, 5) is 4.46. The lowest BCUT2D eigenvalue weighted by molar-refractivity contribution is 0.414. The number of nitrogen functional groups attached to an aromatic ring is 1. The van der Waals surface area contributed by atoms with E-state index in [0.29, 0.717) is 12.5 Å². The molecule has 0 aliphatic carbocycles. The van der Waals surface area contributed by atoms with Crippen LogP contribution in [0.4, 0.5) is 5.95 Å². The number of aromatic nitrogens is 2. The second kappa shape index (κ2) is 4.89. The zero-order chi connectivity index (χ0) is 14.1. The highest BCUT2D eigenvalue weighted by atomic mass is 16.5. The minimum Gasteiger partial charge on any atom is -0.497 e. The van der Waals surface area contributed by atoms with Crippen LogP contribution < -0.4 is 10.5 Å². The summed E-state index contributed by atoms with van der Waals surface area (Å²) in [7, 11) is 1.67. The molecule has 3 rings (SSSR count). The van der Waals surface area contributed by atoms with Crippen LogP contribution in [-0.4, -0.2) is 16.7 Å². The highest BCUT2D eigenvalue weighted by molar-refractivity contribution is 5.81. The van der Waals surface area contributed by atoms with Crippen molar-refractivity contribution >= 4 is 17.0 Å². The van der Waals surface area contributed by atoms with E-state index >= 15 is 0 Å². The SMILES string of the molecule is COc1ccc(Cn2c(N)nc3c(C)cccc32)cc1. The molecule has 2 N–H and O–H groups in total. The van der Waals surface area contributed by atoms with Crippen molar-refractivity contribution in [3.05, 3.63) is 53.6 Å². The Hall–Kier alpha value is -2.49. The van der Waals surface area contributed by atoms with E-state index in [1.54, 1.807) is 7.11 Å². The Labute approximate surface area is 117 Å². The van der Waals surface area contributed by atoms with Gasteiger partial charge in [-0.05, 0) is 36.2 Å². The number of hydrogen-bond donors (Lipinski definition) is 1. The lowest BCUT2D eigenvalue weighted by atomic mass is 10.2. The van der Waals surface area contributed by atoms with Gasteiger partial charge in [0, 0.05) is 0 Å². The number of rotatable bonds is 3. The van der Waals surface area contributed by atoms with E-state index in [1.165, 1.54) is 5.56 Å². The first-order valence-corrected chi connectivity index (χ1v) is 6.53. The number of nitrogens with zero attached hydrogens (tertiary/aromatic N) is 2. The van der Waals surface area contributed by atoms with Crippen LogP contribution in [0.2, 0.25) is 0 Å². The van der Waals surface area contributed by atoms with Crippen LogP contribution in [-0.2, 0) is 6.54 Å². The number of aryl methyl sites for hydroxylation is 1. The predicted octanol–water partition coefficient (Wildman–Crippen LogP) is 2.98. The summed E-state index contributed by atoms with van der Waals surface area (Å²) in [5, 5.41) is 0. The van der Waals surface area contributed by atoms with E-state index in [2.05, 4.69) is 11.1 Å². The van der Waals surface area contributed by atoms with Crippen molar-refractivity contribution in [3.8, 4) is 5.75 Å². The van der Waals surface area contributed by atoms with Gasteiger partial charge >= 0.3 is 0 Å². The van der Waals surface area contributed by atoms with E-state index in [0.717, 1.165) is 22.3 Å². The summed E-state index contributed by atoms with van der Waals surface area (Å²) in [5.74, 6) is 1.40. The number of methoxy groups -OCH3 is 1.